The Bertz CT molecular complexity index is 363. The van der Waals surface area contributed by atoms with E-state index in [-0.39, 0.29) is 11.6 Å². The average Bonchev–Trinajstić information content (AvgIpc) is 2.14. The summed E-state index contributed by atoms with van der Waals surface area (Å²) in [5.74, 6) is -1.04. The molecule has 1 rings (SSSR count). The van der Waals surface area contributed by atoms with Gasteiger partial charge in [-0.15, -0.1) is 0 Å². The molecule has 0 saturated carbocycles. The first kappa shape index (κ1) is 10.2. The Hall–Kier alpha value is -1.91. The zero-order valence-corrected chi connectivity index (χ0v) is 7.73. The number of aromatic nitrogens is 2. The van der Waals surface area contributed by atoms with Gasteiger partial charge in [0.05, 0.1) is 11.3 Å². The maximum Gasteiger partial charge on any atom is 0.339 e. The molecule has 0 aliphatic carbocycles. The van der Waals surface area contributed by atoms with E-state index in [1.807, 2.05) is 0 Å². The van der Waals surface area contributed by atoms with Gasteiger partial charge in [0.15, 0.2) is 0 Å². The van der Waals surface area contributed by atoms with E-state index < -0.39 is 5.97 Å². The molecule has 74 valence electrons. The van der Waals surface area contributed by atoms with Crippen LogP contribution < -0.4 is 4.74 Å². The molecule has 1 aromatic rings. The molecule has 0 saturated heterocycles. The first-order chi connectivity index (χ1) is 6.65. The predicted octanol–water partition coefficient (Wildman–Crippen LogP) is 1.05. The van der Waals surface area contributed by atoms with Crippen LogP contribution >= 0.6 is 0 Å². The molecule has 0 bridgehead atoms. The van der Waals surface area contributed by atoms with Gasteiger partial charge in [-0.2, -0.15) is 4.98 Å². The monoisotopic (exact) mass is 194 g/mol. The van der Waals surface area contributed by atoms with E-state index in [2.05, 4.69) is 16.5 Å². The van der Waals surface area contributed by atoms with Crippen molar-refractivity contribution in [3.8, 4) is 6.01 Å². The highest BCUT2D eigenvalue weighted by Gasteiger charge is 2.09. The topological polar surface area (TPSA) is 72.3 Å². The summed E-state index contributed by atoms with van der Waals surface area (Å²) in [6, 6.07) is 0.160. The number of carboxylic acids is 1. The highest BCUT2D eigenvalue weighted by Crippen LogP contribution is 2.08. The Morgan fingerprint density at radius 3 is 3.00 bits per heavy atom. The summed E-state index contributed by atoms with van der Waals surface area (Å²) < 4.78 is 5.04. The maximum absolute atomic E-state index is 10.6. The maximum atomic E-state index is 10.6. The Balaban J connectivity index is 2.88. The summed E-state index contributed by atoms with van der Waals surface area (Å²) in [6.45, 7) is 5.36. The van der Waals surface area contributed by atoms with Crippen molar-refractivity contribution < 1.29 is 14.6 Å². The quantitative estimate of drug-likeness (QED) is 0.725. The molecule has 0 aliphatic heterocycles. The Morgan fingerprint density at radius 2 is 2.50 bits per heavy atom. The van der Waals surface area contributed by atoms with Crippen LogP contribution in [0.4, 0.5) is 0 Å². The van der Waals surface area contributed by atoms with Crippen LogP contribution in [-0.2, 0) is 0 Å². The molecular weight excluding hydrogens is 184 g/mol. The number of aromatic carboxylic acids is 1. The number of carboxylic acid groups (broad SMARTS) is 1. The fourth-order valence-electron chi connectivity index (χ4n) is 0.859. The molecule has 1 aromatic heterocycles. The van der Waals surface area contributed by atoms with Crippen molar-refractivity contribution in [3.05, 3.63) is 30.1 Å². The van der Waals surface area contributed by atoms with Crippen LogP contribution in [0.2, 0.25) is 0 Å². The molecule has 0 amide bonds. The molecule has 0 unspecified atom stereocenters. The summed E-state index contributed by atoms with van der Waals surface area (Å²) in [6.07, 6.45) is 2.78. The molecule has 0 aliphatic rings. The van der Waals surface area contributed by atoms with Gasteiger partial charge in [-0.3, -0.25) is 0 Å². The third-order valence-corrected chi connectivity index (χ3v) is 1.52. The first-order valence-corrected chi connectivity index (χ1v) is 3.95. The van der Waals surface area contributed by atoms with E-state index in [0.29, 0.717) is 12.3 Å². The minimum absolute atomic E-state index is 0.0796. The van der Waals surface area contributed by atoms with Crippen LogP contribution in [0.25, 0.3) is 0 Å². The van der Waals surface area contributed by atoms with Crippen LogP contribution in [0.1, 0.15) is 16.1 Å². The Kier molecular flexibility index (Phi) is 3.17. The van der Waals surface area contributed by atoms with Gasteiger partial charge >= 0.3 is 12.0 Å². The van der Waals surface area contributed by atoms with Gasteiger partial charge in [-0.05, 0) is 6.92 Å². The molecule has 1 heterocycles. The Labute approximate surface area is 81.1 Å². The molecule has 0 aromatic carbocycles. The second-order valence-corrected chi connectivity index (χ2v) is 2.56. The van der Waals surface area contributed by atoms with Gasteiger partial charge in [0, 0.05) is 6.20 Å². The predicted molar refractivity (Wildman–Crippen MR) is 49.4 cm³/mol. The highest BCUT2D eigenvalue weighted by molar-refractivity contribution is 5.88. The number of nitrogens with zero attached hydrogens (tertiary/aromatic N) is 2. The lowest BCUT2D eigenvalue weighted by Gasteiger charge is -2.03. The largest absolute Gasteiger partial charge is 0.478 e. The van der Waals surface area contributed by atoms with Crippen LogP contribution in [0.5, 0.6) is 6.01 Å². The zero-order chi connectivity index (χ0) is 10.6. The van der Waals surface area contributed by atoms with Crippen molar-refractivity contribution in [3.63, 3.8) is 0 Å². The van der Waals surface area contributed by atoms with E-state index in [9.17, 15) is 4.79 Å². The van der Waals surface area contributed by atoms with Gasteiger partial charge < -0.3 is 9.84 Å². The molecule has 0 atom stereocenters. The SMILES string of the molecule is C=CCOc1ncc(C(=O)O)c(C)n1. The van der Waals surface area contributed by atoms with Crippen LogP contribution in [0.3, 0.4) is 0 Å². The van der Waals surface area contributed by atoms with Crippen LogP contribution in [0.15, 0.2) is 18.9 Å². The van der Waals surface area contributed by atoms with E-state index in [0.717, 1.165) is 0 Å². The van der Waals surface area contributed by atoms with Gasteiger partial charge in [0.1, 0.15) is 6.61 Å². The first-order valence-electron chi connectivity index (χ1n) is 3.95. The van der Waals surface area contributed by atoms with Crippen molar-refractivity contribution in [2.75, 3.05) is 6.61 Å². The van der Waals surface area contributed by atoms with Crippen molar-refractivity contribution in [2.45, 2.75) is 6.92 Å². The van der Waals surface area contributed by atoms with Gasteiger partial charge in [-0.1, -0.05) is 12.7 Å². The molecule has 0 spiro atoms. The third-order valence-electron chi connectivity index (χ3n) is 1.52. The lowest BCUT2D eigenvalue weighted by molar-refractivity contribution is 0.0695. The molecule has 14 heavy (non-hydrogen) atoms. The highest BCUT2D eigenvalue weighted by atomic mass is 16.5. The number of rotatable bonds is 4. The molecule has 0 radical (unpaired) electrons. The summed E-state index contributed by atoms with van der Waals surface area (Å²) in [7, 11) is 0. The second kappa shape index (κ2) is 4.36. The normalized spacial score (nSPS) is 9.50. The van der Waals surface area contributed by atoms with Crippen LogP contribution in [-0.4, -0.2) is 27.7 Å². The number of aryl methyl sites for hydroxylation is 1. The number of carbonyl (C=O) groups is 1. The summed E-state index contributed by atoms with van der Waals surface area (Å²) in [5, 5.41) is 8.70. The van der Waals surface area contributed by atoms with E-state index in [1.54, 1.807) is 13.0 Å². The van der Waals surface area contributed by atoms with Gasteiger partial charge in [0.25, 0.3) is 0 Å². The second-order valence-electron chi connectivity index (χ2n) is 2.56. The number of hydrogen-bond donors (Lipinski definition) is 1. The lowest BCUT2D eigenvalue weighted by atomic mass is 10.2. The minimum Gasteiger partial charge on any atom is -0.478 e. The number of ether oxygens (including phenoxy) is 1. The Morgan fingerprint density at radius 1 is 1.79 bits per heavy atom. The van der Waals surface area contributed by atoms with Gasteiger partial charge in [0.2, 0.25) is 0 Å². The standard InChI is InChI=1S/C9H10N2O3/c1-3-4-14-9-10-5-7(8(12)13)6(2)11-9/h3,5H,1,4H2,2H3,(H,12,13). The average molecular weight is 194 g/mol. The van der Waals surface area contributed by atoms with Crippen LogP contribution in [0, 0.1) is 6.92 Å². The zero-order valence-electron chi connectivity index (χ0n) is 7.73. The molecular formula is C9H10N2O3. The van der Waals surface area contributed by atoms with E-state index >= 15 is 0 Å². The van der Waals surface area contributed by atoms with E-state index in [1.165, 1.54) is 6.20 Å². The molecule has 5 heteroatoms. The van der Waals surface area contributed by atoms with Crippen molar-refractivity contribution in [1.29, 1.82) is 0 Å². The lowest BCUT2D eigenvalue weighted by Crippen LogP contribution is -2.06. The fraction of sp³-hybridized carbons (Fsp3) is 0.222. The number of hydrogen-bond acceptors (Lipinski definition) is 4. The molecule has 0 fully saturated rings. The molecule has 5 nitrogen and oxygen atoms in total. The molecule has 1 N–H and O–H groups in total. The smallest absolute Gasteiger partial charge is 0.339 e. The van der Waals surface area contributed by atoms with Crippen molar-refractivity contribution >= 4 is 5.97 Å². The minimum atomic E-state index is -1.04. The fourth-order valence-corrected chi connectivity index (χ4v) is 0.859. The third kappa shape index (κ3) is 2.29. The van der Waals surface area contributed by atoms with E-state index in [4.69, 9.17) is 9.84 Å². The summed E-state index contributed by atoms with van der Waals surface area (Å²) >= 11 is 0. The van der Waals surface area contributed by atoms with Crippen molar-refractivity contribution in [1.82, 2.24) is 9.97 Å². The van der Waals surface area contributed by atoms with Crippen molar-refractivity contribution in [2.24, 2.45) is 0 Å². The summed E-state index contributed by atoms with van der Waals surface area (Å²) in [5.41, 5.74) is 0.461. The van der Waals surface area contributed by atoms with Gasteiger partial charge in [-0.25, -0.2) is 9.78 Å². The summed E-state index contributed by atoms with van der Waals surface area (Å²) in [4.78, 5) is 18.2.